The highest BCUT2D eigenvalue weighted by molar-refractivity contribution is 5.84. The zero-order valence-electron chi connectivity index (χ0n) is 9.56. The van der Waals surface area contributed by atoms with E-state index in [1.807, 2.05) is 19.2 Å². The highest BCUT2D eigenvalue weighted by Gasteiger charge is 2.12. The average Bonchev–Trinajstić information content (AvgIpc) is 2.65. The second-order valence-electron chi connectivity index (χ2n) is 4.18. The number of hydrogen-bond donors (Lipinski definition) is 2. The molecule has 1 aromatic carbocycles. The predicted octanol–water partition coefficient (Wildman–Crippen LogP) is 1.95. The number of benzene rings is 1. The van der Waals surface area contributed by atoms with E-state index in [9.17, 15) is 0 Å². The molecule has 1 atom stereocenters. The molecule has 0 bridgehead atoms. The smallest absolute Gasteiger partial charge is 0.0481 e. The largest absolute Gasteiger partial charge is 0.396 e. The fourth-order valence-corrected chi connectivity index (χ4v) is 2.14. The third kappa shape index (κ3) is 1.96. The molecule has 0 aliphatic heterocycles. The van der Waals surface area contributed by atoms with Gasteiger partial charge in [-0.05, 0) is 24.5 Å². The zero-order valence-corrected chi connectivity index (χ0v) is 9.56. The summed E-state index contributed by atoms with van der Waals surface area (Å²) in [7, 11) is 2.03. The van der Waals surface area contributed by atoms with Gasteiger partial charge < -0.3 is 15.4 Å². The van der Waals surface area contributed by atoms with Gasteiger partial charge in [-0.2, -0.15) is 0 Å². The van der Waals surface area contributed by atoms with Crippen LogP contribution >= 0.6 is 0 Å². The van der Waals surface area contributed by atoms with Gasteiger partial charge >= 0.3 is 0 Å². The van der Waals surface area contributed by atoms with Gasteiger partial charge in [-0.25, -0.2) is 0 Å². The summed E-state index contributed by atoms with van der Waals surface area (Å²) >= 11 is 0. The second-order valence-corrected chi connectivity index (χ2v) is 4.18. The molecular formula is C13H18N2O. The van der Waals surface area contributed by atoms with E-state index < -0.39 is 0 Å². The van der Waals surface area contributed by atoms with Crippen molar-refractivity contribution in [2.75, 3.05) is 6.61 Å². The molecule has 0 spiro atoms. The van der Waals surface area contributed by atoms with Gasteiger partial charge in [0.05, 0.1) is 0 Å². The molecule has 0 saturated carbocycles. The van der Waals surface area contributed by atoms with Crippen LogP contribution in [-0.4, -0.2) is 16.3 Å². The van der Waals surface area contributed by atoms with E-state index in [-0.39, 0.29) is 12.6 Å². The number of fused-ring (bicyclic) bond motifs is 1. The minimum absolute atomic E-state index is 0.0123. The first-order valence-corrected chi connectivity index (χ1v) is 5.64. The molecule has 2 aromatic rings. The number of aliphatic hydroxyl groups is 1. The van der Waals surface area contributed by atoms with Gasteiger partial charge in [-0.15, -0.1) is 0 Å². The Morgan fingerprint density at radius 2 is 2.12 bits per heavy atom. The van der Waals surface area contributed by atoms with Crippen molar-refractivity contribution in [3.05, 3.63) is 36.0 Å². The van der Waals surface area contributed by atoms with E-state index in [1.165, 1.54) is 16.5 Å². The molecule has 1 aromatic heterocycles. The number of nitrogens with two attached hydrogens (primary N) is 1. The molecular weight excluding hydrogens is 200 g/mol. The van der Waals surface area contributed by atoms with Crippen LogP contribution < -0.4 is 5.73 Å². The summed E-state index contributed by atoms with van der Waals surface area (Å²) in [5.74, 6) is 0. The van der Waals surface area contributed by atoms with Crippen molar-refractivity contribution >= 4 is 10.9 Å². The zero-order chi connectivity index (χ0) is 11.5. The van der Waals surface area contributed by atoms with Crippen LogP contribution in [0.4, 0.5) is 0 Å². The summed E-state index contributed by atoms with van der Waals surface area (Å²) in [6.07, 6.45) is 3.67. The number of nitrogens with zero attached hydrogens (tertiary/aromatic N) is 1. The summed E-state index contributed by atoms with van der Waals surface area (Å²) in [5, 5.41) is 10.0. The molecule has 0 saturated heterocycles. The Morgan fingerprint density at radius 1 is 1.38 bits per heavy atom. The highest BCUT2D eigenvalue weighted by atomic mass is 16.2. The molecule has 1 heterocycles. The lowest BCUT2D eigenvalue weighted by Gasteiger charge is -2.09. The van der Waals surface area contributed by atoms with Crippen molar-refractivity contribution < 1.29 is 5.11 Å². The summed E-state index contributed by atoms with van der Waals surface area (Å²) in [6, 6.07) is 8.27. The Kier molecular flexibility index (Phi) is 3.27. The molecule has 0 radical (unpaired) electrons. The molecule has 2 rings (SSSR count). The topological polar surface area (TPSA) is 51.2 Å². The average molecular weight is 218 g/mol. The van der Waals surface area contributed by atoms with Crippen molar-refractivity contribution in [3.63, 3.8) is 0 Å². The highest BCUT2D eigenvalue weighted by Crippen LogP contribution is 2.26. The Hall–Kier alpha value is -1.32. The molecule has 0 unspecified atom stereocenters. The molecule has 16 heavy (non-hydrogen) atoms. The van der Waals surface area contributed by atoms with E-state index in [0.717, 1.165) is 12.8 Å². The van der Waals surface area contributed by atoms with Crippen LogP contribution in [0, 0.1) is 0 Å². The Balaban J connectivity index is 2.37. The fraction of sp³-hybridized carbons (Fsp3) is 0.385. The summed E-state index contributed by atoms with van der Waals surface area (Å²) in [4.78, 5) is 0. The van der Waals surface area contributed by atoms with Crippen LogP contribution in [0.15, 0.2) is 30.5 Å². The van der Waals surface area contributed by atoms with Crippen molar-refractivity contribution in [2.24, 2.45) is 12.8 Å². The van der Waals surface area contributed by atoms with Crippen molar-refractivity contribution in [2.45, 2.75) is 18.9 Å². The lowest BCUT2D eigenvalue weighted by atomic mass is 10.0. The van der Waals surface area contributed by atoms with Crippen LogP contribution in [-0.2, 0) is 7.05 Å². The first-order chi connectivity index (χ1) is 7.74. The third-order valence-corrected chi connectivity index (χ3v) is 3.00. The summed E-state index contributed by atoms with van der Waals surface area (Å²) in [6.45, 7) is 0.207. The molecule has 0 amide bonds. The summed E-state index contributed by atoms with van der Waals surface area (Å²) in [5.41, 5.74) is 8.51. The maximum atomic E-state index is 8.82. The number of aryl methyl sites for hydroxylation is 1. The van der Waals surface area contributed by atoms with E-state index in [0.29, 0.717) is 0 Å². The van der Waals surface area contributed by atoms with Crippen LogP contribution in [0.3, 0.4) is 0 Å². The maximum absolute atomic E-state index is 8.82. The first-order valence-electron chi connectivity index (χ1n) is 5.64. The third-order valence-electron chi connectivity index (χ3n) is 3.00. The van der Waals surface area contributed by atoms with Gasteiger partial charge in [0, 0.05) is 36.8 Å². The minimum atomic E-state index is 0.0123. The normalized spacial score (nSPS) is 13.2. The number of rotatable bonds is 4. The van der Waals surface area contributed by atoms with E-state index in [4.69, 9.17) is 10.8 Å². The quantitative estimate of drug-likeness (QED) is 0.824. The van der Waals surface area contributed by atoms with Gasteiger partial charge in [0.1, 0.15) is 0 Å². The number of aromatic nitrogens is 1. The Morgan fingerprint density at radius 3 is 2.88 bits per heavy atom. The van der Waals surface area contributed by atoms with Gasteiger partial charge in [0.25, 0.3) is 0 Å². The maximum Gasteiger partial charge on any atom is 0.0481 e. The molecule has 0 aliphatic carbocycles. The number of para-hydroxylation sites is 1. The molecule has 86 valence electrons. The first kappa shape index (κ1) is 11.2. The van der Waals surface area contributed by atoms with Crippen LogP contribution in [0.5, 0.6) is 0 Å². The molecule has 3 N–H and O–H groups in total. The minimum Gasteiger partial charge on any atom is -0.396 e. The fourth-order valence-electron chi connectivity index (χ4n) is 2.14. The van der Waals surface area contributed by atoms with Crippen molar-refractivity contribution in [1.82, 2.24) is 4.57 Å². The van der Waals surface area contributed by atoms with Crippen molar-refractivity contribution in [3.8, 4) is 0 Å². The number of hydrogen-bond acceptors (Lipinski definition) is 2. The lowest BCUT2D eigenvalue weighted by Crippen LogP contribution is -2.10. The van der Waals surface area contributed by atoms with Crippen LogP contribution in [0.2, 0.25) is 0 Å². The van der Waals surface area contributed by atoms with Crippen LogP contribution in [0.1, 0.15) is 24.4 Å². The molecule has 0 aliphatic rings. The van der Waals surface area contributed by atoms with Crippen LogP contribution in [0.25, 0.3) is 10.9 Å². The Labute approximate surface area is 95.5 Å². The van der Waals surface area contributed by atoms with E-state index in [1.54, 1.807) is 0 Å². The van der Waals surface area contributed by atoms with Gasteiger partial charge in [-0.1, -0.05) is 18.2 Å². The number of aliphatic hydroxyl groups excluding tert-OH is 1. The van der Waals surface area contributed by atoms with Crippen molar-refractivity contribution in [1.29, 1.82) is 0 Å². The van der Waals surface area contributed by atoms with E-state index >= 15 is 0 Å². The predicted molar refractivity (Wildman–Crippen MR) is 66.2 cm³/mol. The monoisotopic (exact) mass is 218 g/mol. The SMILES string of the molecule is Cn1cc([C@@H](N)CCCO)c2ccccc21. The molecule has 3 nitrogen and oxygen atoms in total. The van der Waals surface area contributed by atoms with E-state index in [2.05, 4.69) is 22.9 Å². The van der Waals surface area contributed by atoms with Gasteiger partial charge in [-0.3, -0.25) is 0 Å². The lowest BCUT2D eigenvalue weighted by molar-refractivity contribution is 0.280. The standard InChI is InChI=1S/C13H18N2O/c1-15-9-11(12(14)6-4-8-16)10-5-2-3-7-13(10)15/h2-3,5,7,9,12,16H,4,6,8,14H2,1H3/t12-/m0/s1. The van der Waals surface area contributed by atoms with Gasteiger partial charge in [0.15, 0.2) is 0 Å². The molecule has 0 fully saturated rings. The van der Waals surface area contributed by atoms with Gasteiger partial charge in [0.2, 0.25) is 0 Å². The summed E-state index contributed by atoms with van der Waals surface area (Å²) < 4.78 is 2.10. The molecule has 3 heteroatoms. The Bertz CT molecular complexity index is 476. The second kappa shape index (κ2) is 4.68.